The summed E-state index contributed by atoms with van der Waals surface area (Å²) in [6.45, 7) is 4.64. The molecule has 0 saturated carbocycles. The molecule has 0 bridgehead atoms. The predicted octanol–water partition coefficient (Wildman–Crippen LogP) is 21.0. The number of hydrogen-bond acceptors (Lipinski definition) is 0. The summed E-state index contributed by atoms with van der Waals surface area (Å²) in [6.07, 6.45) is 20.8. The number of hydrogen-bond donors (Lipinski definition) is 0. The van der Waals surface area contributed by atoms with Gasteiger partial charge in [-0.3, -0.25) is 0 Å². The van der Waals surface area contributed by atoms with Gasteiger partial charge in [0, 0.05) is 0 Å². The third-order valence-electron chi connectivity index (χ3n) is 17.5. The third-order valence-corrected chi connectivity index (χ3v) is 17.5. The average molecular weight is 875 g/mol. The maximum atomic E-state index is 2.66. The van der Waals surface area contributed by atoms with Gasteiger partial charge in [0.2, 0.25) is 0 Å². The predicted molar refractivity (Wildman–Crippen MR) is 302 cm³/mol. The van der Waals surface area contributed by atoms with E-state index in [1.807, 2.05) is 0 Å². The first-order chi connectivity index (χ1) is 33.7. The van der Waals surface area contributed by atoms with Crippen molar-refractivity contribution in [3.63, 3.8) is 0 Å². The van der Waals surface area contributed by atoms with Gasteiger partial charge in [-0.15, -0.1) is 0 Å². The van der Waals surface area contributed by atoms with E-state index < -0.39 is 0 Å². The average Bonchev–Trinajstić information content (AvgIpc) is 3.38. The summed E-state index contributed by atoms with van der Waals surface area (Å²) < 4.78 is 0. The van der Waals surface area contributed by atoms with E-state index in [0.29, 0.717) is 0 Å². The topological polar surface area (TPSA) is 0 Å². The molecule has 0 saturated heterocycles. The molecule has 0 nitrogen and oxygen atoms in total. The van der Waals surface area contributed by atoms with Crippen LogP contribution in [0.4, 0.5) is 0 Å². The summed E-state index contributed by atoms with van der Waals surface area (Å²) in [5, 5.41) is 40.5. The Balaban J connectivity index is 1.14. The fourth-order valence-corrected chi connectivity index (χ4v) is 14.6. The molecule has 0 amide bonds. The lowest BCUT2D eigenvalue weighted by Crippen LogP contribution is -2.02. The van der Waals surface area contributed by atoms with E-state index >= 15 is 0 Å². The molecule has 68 heavy (non-hydrogen) atoms. The Morgan fingerprint density at radius 2 is 0.515 bits per heavy atom. The zero-order chi connectivity index (χ0) is 44.8. The molecule has 0 unspecified atom stereocenters. The van der Waals surface area contributed by atoms with Crippen LogP contribution in [-0.2, 0) is 12.8 Å². The quantitative estimate of drug-likeness (QED) is 0.0515. The van der Waals surface area contributed by atoms with E-state index in [-0.39, 0.29) is 0 Å². The van der Waals surface area contributed by atoms with E-state index in [2.05, 4.69) is 135 Å². The lowest BCUT2D eigenvalue weighted by atomic mass is 9.72. The Labute approximate surface area is 397 Å². The van der Waals surface area contributed by atoms with Gasteiger partial charge in [-0.05, 0) is 200 Å². The van der Waals surface area contributed by atoms with Crippen molar-refractivity contribution < 1.29 is 0 Å². The monoisotopic (exact) mass is 874 g/mol. The van der Waals surface area contributed by atoms with Crippen LogP contribution in [0, 0.1) is 0 Å². The van der Waals surface area contributed by atoms with E-state index in [9.17, 15) is 0 Å². The molecular formula is C68H58. The number of aryl methyl sites for hydroxylation is 2. The molecule has 0 aliphatic heterocycles. The van der Waals surface area contributed by atoms with Crippen molar-refractivity contribution in [2.75, 3.05) is 0 Å². The highest BCUT2D eigenvalue weighted by Gasteiger charge is 2.32. The number of rotatable bonds is 16. The van der Waals surface area contributed by atoms with Gasteiger partial charge >= 0.3 is 0 Å². The Bertz CT molecular complexity index is 4110. The highest BCUT2D eigenvalue weighted by molar-refractivity contribution is 6.62. The summed E-state index contributed by atoms with van der Waals surface area (Å²) in [7, 11) is 0. The summed E-state index contributed by atoms with van der Waals surface area (Å²) in [5.74, 6) is 0. The molecule has 0 aromatic heterocycles. The van der Waals surface area contributed by atoms with Crippen LogP contribution in [-0.4, -0.2) is 0 Å². The largest absolute Gasteiger partial charge is 0.0654 e. The third kappa shape index (κ3) is 5.22. The molecule has 0 radical (unpaired) electrons. The Kier molecular flexibility index (Phi) is 8.71. The smallest absolute Gasteiger partial charge is 0.0000249 e. The Hall–Kier alpha value is -6.50. The van der Waals surface area contributed by atoms with Crippen LogP contribution >= 0.6 is 0 Å². The van der Waals surface area contributed by atoms with Gasteiger partial charge in [-0.2, -0.15) is 0 Å². The molecule has 0 atom stereocenters. The maximum absolute atomic E-state index is 2.66. The highest BCUT2D eigenvalue weighted by Crippen LogP contribution is 2.61. The molecule has 15 aromatic carbocycles. The summed E-state index contributed by atoms with van der Waals surface area (Å²) in [6, 6.07) is 49.1. The van der Waals surface area contributed by atoms with Gasteiger partial charge in [-0.25, -0.2) is 0 Å². The molecule has 0 heteroatoms. The second kappa shape index (κ2) is 15.0. The van der Waals surface area contributed by atoms with E-state index in [4.69, 9.17) is 0 Å². The second-order valence-electron chi connectivity index (χ2n) is 21.4. The maximum Gasteiger partial charge on any atom is -0.0000249 e. The number of unbranched alkanes of at least 4 members (excludes halogenated alkanes) is 12. The van der Waals surface area contributed by atoms with Gasteiger partial charge in [0.05, 0.1) is 0 Å². The fourth-order valence-electron chi connectivity index (χ4n) is 14.6. The van der Waals surface area contributed by atoms with Gasteiger partial charge in [0.25, 0.3) is 0 Å². The lowest BCUT2D eigenvalue weighted by Gasteiger charge is -2.30. The zero-order valence-corrected chi connectivity index (χ0v) is 39.9. The lowest BCUT2D eigenvalue weighted by molar-refractivity contribution is 0.589. The molecule has 0 fully saturated rings. The molecule has 0 aliphatic rings. The van der Waals surface area contributed by atoms with Gasteiger partial charge in [0.1, 0.15) is 0 Å². The number of fused-ring (bicyclic) bond motifs is 10. The second-order valence-corrected chi connectivity index (χ2v) is 21.4. The van der Waals surface area contributed by atoms with E-state index in [0.717, 1.165) is 12.8 Å². The van der Waals surface area contributed by atoms with Crippen molar-refractivity contribution >= 4 is 151 Å². The zero-order valence-electron chi connectivity index (χ0n) is 39.9. The van der Waals surface area contributed by atoms with Crippen molar-refractivity contribution in [2.45, 2.75) is 117 Å². The first-order valence-electron chi connectivity index (χ1n) is 26.7. The molecular weight excluding hydrogens is 817 g/mol. The van der Waals surface area contributed by atoms with Crippen LogP contribution in [0.15, 0.2) is 121 Å². The van der Waals surface area contributed by atoms with Crippen molar-refractivity contribution in [1.29, 1.82) is 0 Å². The molecule has 0 N–H and O–H groups in total. The fraction of sp³-hybridized carbons (Fsp3) is 0.265. The minimum atomic E-state index is 1.12. The van der Waals surface area contributed by atoms with Crippen LogP contribution in [0.2, 0.25) is 0 Å². The SMILES string of the molecule is CCCCCCCCCc1cc2c3cccc4c5cc6ccccc6c6c7cc(CCCCCCCCC)cc8c9cccc%10c%11cc%12ccccc%12c%12c(c1)c2c1c(c34)c(c56)c(c87)c(c9%10)c1c%11%12. The molecule has 0 heterocycles. The molecule has 15 aromatic rings. The van der Waals surface area contributed by atoms with E-state index in [1.54, 1.807) is 0 Å². The van der Waals surface area contributed by atoms with Crippen LogP contribution in [0.3, 0.4) is 0 Å². The first-order valence-corrected chi connectivity index (χ1v) is 26.7. The minimum absolute atomic E-state index is 1.12. The highest BCUT2D eigenvalue weighted by atomic mass is 14.3. The Morgan fingerprint density at radius 1 is 0.221 bits per heavy atom. The summed E-state index contributed by atoms with van der Waals surface area (Å²) >= 11 is 0. The Morgan fingerprint density at radius 3 is 0.926 bits per heavy atom. The van der Waals surface area contributed by atoms with Crippen molar-refractivity contribution in [3.05, 3.63) is 132 Å². The van der Waals surface area contributed by atoms with E-state index in [1.165, 1.54) is 252 Å². The van der Waals surface area contributed by atoms with Gasteiger partial charge in [-0.1, -0.05) is 200 Å². The van der Waals surface area contributed by atoms with Crippen molar-refractivity contribution in [2.24, 2.45) is 0 Å². The van der Waals surface area contributed by atoms with Crippen molar-refractivity contribution in [3.8, 4) is 0 Å². The van der Waals surface area contributed by atoms with Crippen molar-refractivity contribution in [1.82, 2.24) is 0 Å². The first kappa shape index (κ1) is 39.5. The molecule has 330 valence electrons. The minimum Gasteiger partial charge on any atom is -0.0654 e. The van der Waals surface area contributed by atoms with Gasteiger partial charge in [0.15, 0.2) is 0 Å². The standard InChI is InChI=1S/C68H58/c1-3-5-7-9-11-13-15-23-39-33-49-45-29-21-31-47-52-38-42-26-18-20-28-44(42)56-54-36-40(24-16-14-12-10-8-6-4-2)34-50-46-30-22-32-48-51-37-41-25-17-19-27-43(41)55-53(35-39)59(49)65-63(57(45)47)68(62(52)56)66(60(50)54)64(58(46)48)67(65)61(51)55/h17-22,25-38H,3-16,23-24H2,1-2H3. The normalized spacial score (nSPS) is 13.2. The number of benzene rings is 15. The van der Waals surface area contributed by atoms with Crippen LogP contribution in [0.1, 0.15) is 115 Å². The molecule has 0 aliphatic carbocycles. The van der Waals surface area contributed by atoms with Crippen LogP contribution in [0.5, 0.6) is 0 Å². The van der Waals surface area contributed by atoms with Crippen LogP contribution < -0.4 is 0 Å². The van der Waals surface area contributed by atoms with Crippen LogP contribution in [0.25, 0.3) is 151 Å². The molecule has 0 spiro atoms. The van der Waals surface area contributed by atoms with Gasteiger partial charge < -0.3 is 0 Å². The summed E-state index contributed by atoms with van der Waals surface area (Å²) in [5.41, 5.74) is 2.98. The summed E-state index contributed by atoms with van der Waals surface area (Å²) in [4.78, 5) is 0. The molecule has 15 rings (SSSR count).